The topological polar surface area (TPSA) is 92.2 Å². The average molecular weight is 544 g/mol. The number of aryl methyl sites for hydroxylation is 1. The molecule has 8 heteroatoms. The maximum atomic E-state index is 13.9. The summed E-state index contributed by atoms with van der Waals surface area (Å²) in [6, 6.07) is 18.0. The Balaban J connectivity index is 1.56. The molecule has 210 valence electrons. The fourth-order valence-corrected chi connectivity index (χ4v) is 4.97. The van der Waals surface area contributed by atoms with Crippen LogP contribution in [0.2, 0.25) is 0 Å². The molecule has 0 aliphatic carbocycles. The smallest absolute Gasteiger partial charge is 0.194 e. The van der Waals surface area contributed by atoms with E-state index in [9.17, 15) is 14.7 Å². The molecule has 0 bridgehead atoms. The van der Waals surface area contributed by atoms with Gasteiger partial charge in [0.05, 0.1) is 24.8 Å². The number of Topliss-reactive ketones (excluding diaryl/α,β-unsaturated/α-hetero) is 1. The number of allylic oxidation sites excluding steroid dienone is 1. The molecular weight excluding hydrogens is 506 g/mol. The van der Waals surface area contributed by atoms with E-state index in [1.165, 1.54) is 0 Å². The second kappa shape index (κ2) is 14.5. The first-order valence-corrected chi connectivity index (χ1v) is 13.6. The molecule has 0 amide bonds. The van der Waals surface area contributed by atoms with Crippen LogP contribution in [0.15, 0.2) is 84.4 Å². The van der Waals surface area contributed by atoms with Gasteiger partial charge in [0.15, 0.2) is 17.8 Å². The average Bonchev–Trinajstić information content (AvgIpc) is 3.00. The number of hydrogen-bond acceptors (Lipinski definition) is 8. The number of aldehydes is 1. The largest absolute Gasteiger partial charge is 0.504 e. The lowest BCUT2D eigenvalue weighted by molar-refractivity contribution is -0.107. The van der Waals surface area contributed by atoms with Gasteiger partial charge in [0.25, 0.3) is 0 Å². The third-order valence-corrected chi connectivity index (χ3v) is 7.13. The molecule has 1 fully saturated rings. The van der Waals surface area contributed by atoms with Gasteiger partial charge in [0.2, 0.25) is 0 Å². The van der Waals surface area contributed by atoms with Gasteiger partial charge in [-0.2, -0.15) is 0 Å². The van der Waals surface area contributed by atoms with E-state index in [0.29, 0.717) is 30.8 Å². The number of aliphatic hydroxyl groups excluding tert-OH is 1. The van der Waals surface area contributed by atoms with E-state index >= 15 is 0 Å². The summed E-state index contributed by atoms with van der Waals surface area (Å²) in [5, 5.41) is 10.8. The molecule has 40 heavy (non-hydrogen) atoms. The predicted octanol–water partition coefficient (Wildman–Crippen LogP) is 4.56. The highest BCUT2D eigenvalue weighted by Gasteiger charge is 2.31. The van der Waals surface area contributed by atoms with Crippen molar-refractivity contribution in [2.75, 3.05) is 46.4 Å². The molecule has 1 aliphatic heterocycles. The van der Waals surface area contributed by atoms with Crippen molar-refractivity contribution in [1.82, 2.24) is 14.8 Å². The third-order valence-electron chi connectivity index (χ3n) is 7.13. The zero-order valence-electron chi connectivity index (χ0n) is 23.2. The van der Waals surface area contributed by atoms with Crippen LogP contribution in [0.1, 0.15) is 39.5 Å². The molecule has 3 aromatic rings. The van der Waals surface area contributed by atoms with Crippen molar-refractivity contribution in [1.29, 1.82) is 0 Å². The van der Waals surface area contributed by atoms with Gasteiger partial charge in [-0.05, 0) is 80.5 Å². The lowest BCUT2D eigenvalue weighted by atomic mass is 9.90. The zero-order chi connectivity index (χ0) is 28.3. The van der Waals surface area contributed by atoms with Crippen molar-refractivity contribution in [2.24, 2.45) is 0 Å². The minimum Gasteiger partial charge on any atom is -0.504 e. The van der Waals surface area contributed by atoms with Gasteiger partial charge in [-0.3, -0.25) is 24.4 Å². The summed E-state index contributed by atoms with van der Waals surface area (Å²) in [4.78, 5) is 34.3. The van der Waals surface area contributed by atoms with E-state index in [4.69, 9.17) is 9.47 Å². The van der Waals surface area contributed by atoms with E-state index in [-0.39, 0.29) is 5.57 Å². The highest BCUT2D eigenvalue weighted by molar-refractivity contribution is 6.12. The number of benzene rings is 2. The molecule has 0 saturated carbocycles. The Morgan fingerprint density at radius 2 is 1.85 bits per heavy atom. The molecule has 4 rings (SSSR count). The second-order valence-electron chi connectivity index (χ2n) is 9.97. The molecule has 1 aliphatic rings. The minimum atomic E-state index is -0.639. The number of ether oxygens (including phenoxy) is 2. The van der Waals surface area contributed by atoms with Crippen LogP contribution in [0.4, 0.5) is 0 Å². The number of nitrogens with zero attached hydrogens (tertiary/aromatic N) is 3. The fraction of sp³-hybridized carbons (Fsp3) is 0.344. The summed E-state index contributed by atoms with van der Waals surface area (Å²) in [5.41, 5.74) is 2.99. The predicted molar refractivity (Wildman–Crippen MR) is 153 cm³/mol. The van der Waals surface area contributed by atoms with Crippen molar-refractivity contribution in [3.8, 4) is 5.75 Å². The number of aromatic nitrogens is 1. The molecule has 2 aromatic carbocycles. The van der Waals surface area contributed by atoms with Crippen molar-refractivity contribution in [3.05, 3.63) is 107 Å². The maximum absolute atomic E-state index is 13.9. The summed E-state index contributed by atoms with van der Waals surface area (Å²) in [6.07, 6.45) is 4.49. The molecule has 1 atom stereocenters. The summed E-state index contributed by atoms with van der Waals surface area (Å²) in [6.45, 7) is 7.10. The minimum absolute atomic E-state index is 0.0347. The fourth-order valence-electron chi connectivity index (χ4n) is 4.97. The van der Waals surface area contributed by atoms with Crippen LogP contribution >= 0.6 is 0 Å². The number of morpholine rings is 1. The van der Waals surface area contributed by atoms with Gasteiger partial charge in [0.1, 0.15) is 12.4 Å². The molecule has 1 N–H and O–H groups in total. The molecule has 1 unspecified atom stereocenters. The van der Waals surface area contributed by atoms with Crippen LogP contribution in [-0.2, 0) is 16.1 Å². The number of rotatable bonds is 13. The number of ketones is 1. The Morgan fingerprint density at radius 3 is 2.52 bits per heavy atom. The molecule has 8 nitrogen and oxygen atoms in total. The molecule has 0 radical (unpaired) electrons. The van der Waals surface area contributed by atoms with Crippen LogP contribution in [0.5, 0.6) is 5.75 Å². The number of carbonyl (C=O) groups excluding carboxylic acids is 2. The van der Waals surface area contributed by atoms with Crippen molar-refractivity contribution in [3.63, 3.8) is 0 Å². The maximum Gasteiger partial charge on any atom is 0.194 e. The zero-order valence-corrected chi connectivity index (χ0v) is 23.2. The lowest BCUT2D eigenvalue weighted by Gasteiger charge is -2.32. The molecule has 1 aromatic heterocycles. The molecule has 0 spiro atoms. The van der Waals surface area contributed by atoms with E-state index in [0.717, 1.165) is 56.0 Å². The van der Waals surface area contributed by atoms with Crippen LogP contribution in [0.3, 0.4) is 0 Å². The van der Waals surface area contributed by atoms with E-state index in [2.05, 4.69) is 9.88 Å². The molecule has 2 heterocycles. The van der Waals surface area contributed by atoms with Crippen molar-refractivity contribution >= 4 is 12.1 Å². The van der Waals surface area contributed by atoms with Gasteiger partial charge in [-0.15, -0.1) is 0 Å². The second-order valence-corrected chi connectivity index (χ2v) is 9.97. The highest BCUT2D eigenvalue weighted by atomic mass is 16.5. The SMILES string of the molecule is Cc1cc(C(=O)/C(=C(\O)C=O)C(c2ccncc2)N(C)CCCN2CCOCC2)ccc1OCc1ccccc1. The molecular formula is C32H37N3O5. The van der Waals surface area contributed by atoms with E-state index in [1.54, 1.807) is 42.7 Å². The van der Waals surface area contributed by atoms with Gasteiger partial charge >= 0.3 is 0 Å². The Morgan fingerprint density at radius 1 is 1.12 bits per heavy atom. The first kappa shape index (κ1) is 29.1. The van der Waals surface area contributed by atoms with Crippen LogP contribution in [0.25, 0.3) is 0 Å². The Kier molecular flexibility index (Phi) is 10.6. The van der Waals surface area contributed by atoms with Gasteiger partial charge < -0.3 is 14.6 Å². The Labute approximate surface area is 235 Å². The lowest BCUT2D eigenvalue weighted by Crippen LogP contribution is -2.38. The highest BCUT2D eigenvalue weighted by Crippen LogP contribution is 2.32. The van der Waals surface area contributed by atoms with E-state index in [1.807, 2.05) is 49.2 Å². The number of hydrogen-bond donors (Lipinski definition) is 1. The van der Waals surface area contributed by atoms with Crippen molar-refractivity contribution in [2.45, 2.75) is 26.0 Å². The number of likely N-dealkylation sites (N-methyl/N-ethyl adjacent to an activating group) is 1. The summed E-state index contributed by atoms with van der Waals surface area (Å²) >= 11 is 0. The normalized spacial score (nSPS) is 15.4. The summed E-state index contributed by atoms with van der Waals surface area (Å²) < 4.78 is 11.4. The van der Waals surface area contributed by atoms with Crippen molar-refractivity contribution < 1.29 is 24.2 Å². The van der Waals surface area contributed by atoms with Crippen LogP contribution < -0.4 is 4.74 Å². The summed E-state index contributed by atoms with van der Waals surface area (Å²) in [7, 11) is 1.90. The van der Waals surface area contributed by atoms with Gasteiger partial charge in [-0.1, -0.05) is 30.3 Å². The number of pyridine rings is 1. The quantitative estimate of drug-likeness (QED) is 0.145. The Bertz CT molecular complexity index is 1290. The first-order valence-electron chi connectivity index (χ1n) is 13.6. The van der Waals surface area contributed by atoms with Crippen LogP contribution in [0, 0.1) is 6.92 Å². The van der Waals surface area contributed by atoms with Gasteiger partial charge in [-0.25, -0.2) is 0 Å². The third kappa shape index (κ3) is 7.63. The number of carbonyl (C=O) groups is 2. The first-order chi connectivity index (χ1) is 19.5. The van der Waals surface area contributed by atoms with Crippen LogP contribution in [-0.4, -0.2) is 78.4 Å². The standard InChI is InChI=1S/C32H37N3O5/c1-24-21-27(9-10-29(24)40-23-25-7-4-3-5-8-25)32(38)30(28(37)22-36)31(26-11-13-33-14-12-26)34(2)15-6-16-35-17-19-39-20-18-35/h3-5,7-14,21-22,31,37H,6,15-20,23H2,1-2H3/b30-28-. The van der Waals surface area contributed by atoms with Gasteiger partial charge in [0, 0.05) is 31.0 Å². The molecule has 1 saturated heterocycles. The summed E-state index contributed by atoms with van der Waals surface area (Å²) in [5.74, 6) is -0.325. The Hall–Kier alpha value is -3.85. The van der Waals surface area contributed by atoms with E-state index < -0.39 is 17.6 Å². The number of aliphatic hydroxyl groups is 1. The monoisotopic (exact) mass is 543 g/mol.